The number of ketones is 1. The molecule has 1 aliphatic rings. The first-order valence-corrected chi connectivity index (χ1v) is 8.35. The van der Waals surface area contributed by atoms with E-state index in [-0.39, 0.29) is 12.4 Å². The van der Waals surface area contributed by atoms with Crippen LogP contribution in [0.15, 0.2) is 40.4 Å². The van der Waals surface area contributed by atoms with Crippen molar-refractivity contribution in [2.45, 2.75) is 0 Å². The van der Waals surface area contributed by atoms with Crippen LogP contribution in [0, 0.1) is 0 Å². The van der Waals surface area contributed by atoms with Crippen molar-refractivity contribution in [2.75, 3.05) is 27.9 Å². The lowest BCUT2D eigenvalue weighted by atomic mass is 9.98. The van der Waals surface area contributed by atoms with Crippen molar-refractivity contribution in [2.24, 2.45) is 0 Å². The number of halogens is 1. The molecule has 0 bridgehead atoms. The average Bonchev–Trinajstić information content (AvgIpc) is 2.63. The maximum atomic E-state index is 12.8. The third-order valence-corrected chi connectivity index (χ3v) is 4.42. The van der Waals surface area contributed by atoms with E-state index in [2.05, 4.69) is 15.9 Å². The second-order valence-electron chi connectivity index (χ2n) is 5.35. The van der Waals surface area contributed by atoms with Gasteiger partial charge in [-0.1, -0.05) is 15.9 Å². The number of hydrogen-bond donors (Lipinski definition) is 0. The highest BCUT2D eigenvalue weighted by atomic mass is 79.9. The van der Waals surface area contributed by atoms with Crippen molar-refractivity contribution in [1.82, 2.24) is 0 Å². The van der Waals surface area contributed by atoms with E-state index in [1.165, 1.54) is 0 Å². The van der Waals surface area contributed by atoms with Gasteiger partial charge in [0.15, 0.2) is 17.3 Å². The standard InChI is InChI=1S/C19H17BrO5/c1-22-16-6-4-11(18(23-2)19(16)24-3)8-12-10-25-15-7-5-13(20)9-14(15)17(12)21/h4-9H,10H2,1-3H3/b12-8-. The zero-order valence-electron chi connectivity index (χ0n) is 14.1. The Morgan fingerprint density at radius 3 is 2.48 bits per heavy atom. The zero-order chi connectivity index (χ0) is 18.0. The minimum atomic E-state index is -0.0700. The van der Waals surface area contributed by atoms with Gasteiger partial charge in [-0.3, -0.25) is 4.79 Å². The lowest BCUT2D eigenvalue weighted by molar-refractivity contribution is 0.100. The number of Topliss-reactive ketones (excluding diaryl/α,β-unsaturated/α-hetero) is 1. The molecule has 0 amide bonds. The number of carbonyl (C=O) groups excluding carboxylic acids is 1. The second kappa shape index (κ2) is 7.19. The largest absolute Gasteiger partial charge is 0.493 e. The first-order chi connectivity index (χ1) is 12.1. The van der Waals surface area contributed by atoms with Crippen LogP contribution in [0.25, 0.3) is 6.08 Å². The average molecular weight is 405 g/mol. The van der Waals surface area contributed by atoms with Crippen molar-refractivity contribution in [3.63, 3.8) is 0 Å². The van der Waals surface area contributed by atoms with E-state index in [9.17, 15) is 4.79 Å². The van der Waals surface area contributed by atoms with Crippen LogP contribution in [0.3, 0.4) is 0 Å². The van der Waals surface area contributed by atoms with Crippen LogP contribution in [-0.2, 0) is 0 Å². The van der Waals surface area contributed by atoms with E-state index in [4.69, 9.17) is 18.9 Å². The fourth-order valence-electron chi connectivity index (χ4n) is 2.73. The van der Waals surface area contributed by atoms with Crippen LogP contribution in [0.1, 0.15) is 15.9 Å². The predicted octanol–water partition coefficient (Wildman–Crippen LogP) is 4.13. The molecule has 0 fully saturated rings. The molecule has 0 saturated carbocycles. The summed E-state index contributed by atoms with van der Waals surface area (Å²) in [5, 5.41) is 0. The minimum Gasteiger partial charge on any atom is -0.493 e. The quantitative estimate of drug-likeness (QED) is 0.716. The number of ether oxygens (including phenoxy) is 4. The summed E-state index contributed by atoms with van der Waals surface area (Å²) in [6.45, 7) is 0.199. The van der Waals surface area contributed by atoms with E-state index in [1.807, 2.05) is 12.1 Å². The molecular weight excluding hydrogens is 388 g/mol. The molecule has 130 valence electrons. The normalized spacial score (nSPS) is 14.7. The summed E-state index contributed by atoms with van der Waals surface area (Å²) in [5.74, 6) is 2.06. The Kier molecular flexibility index (Phi) is 4.99. The molecule has 0 radical (unpaired) electrons. The van der Waals surface area contributed by atoms with E-state index in [0.717, 1.165) is 4.47 Å². The van der Waals surface area contributed by atoms with Gasteiger partial charge in [0.1, 0.15) is 12.4 Å². The summed E-state index contributed by atoms with van der Waals surface area (Å²) in [5.41, 5.74) is 1.79. The van der Waals surface area contributed by atoms with Gasteiger partial charge in [-0.15, -0.1) is 0 Å². The van der Waals surface area contributed by atoms with Crippen LogP contribution in [0.2, 0.25) is 0 Å². The lowest BCUT2D eigenvalue weighted by Crippen LogP contribution is -2.19. The summed E-state index contributed by atoms with van der Waals surface area (Å²) in [7, 11) is 4.65. The molecule has 5 nitrogen and oxygen atoms in total. The second-order valence-corrected chi connectivity index (χ2v) is 6.27. The smallest absolute Gasteiger partial charge is 0.203 e. The Morgan fingerprint density at radius 2 is 1.80 bits per heavy atom. The van der Waals surface area contributed by atoms with Gasteiger partial charge >= 0.3 is 0 Å². The first kappa shape index (κ1) is 17.4. The fraction of sp³-hybridized carbons (Fsp3) is 0.211. The third-order valence-electron chi connectivity index (χ3n) is 3.93. The fourth-order valence-corrected chi connectivity index (χ4v) is 3.09. The monoisotopic (exact) mass is 404 g/mol. The molecule has 0 aliphatic carbocycles. The summed E-state index contributed by atoms with van der Waals surface area (Å²) < 4.78 is 22.7. The molecule has 1 aliphatic heterocycles. The highest BCUT2D eigenvalue weighted by Gasteiger charge is 2.24. The molecule has 25 heavy (non-hydrogen) atoms. The maximum Gasteiger partial charge on any atom is 0.203 e. The van der Waals surface area contributed by atoms with Gasteiger partial charge in [-0.25, -0.2) is 0 Å². The molecule has 3 rings (SSSR count). The SMILES string of the molecule is COc1ccc(/C=C2/COc3ccc(Br)cc3C2=O)c(OC)c1OC. The maximum absolute atomic E-state index is 12.8. The molecule has 2 aromatic rings. The van der Waals surface area contributed by atoms with Gasteiger partial charge in [0.25, 0.3) is 0 Å². The zero-order valence-corrected chi connectivity index (χ0v) is 15.7. The molecular formula is C19H17BrO5. The highest BCUT2D eigenvalue weighted by Crippen LogP contribution is 2.41. The van der Waals surface area contributed by atoms with Crippen molar-refractivity contribution >= 4 is 27.8 Å². The number of carbonyl (C=O) groups is 1. The van der Waals surface area contributed by atoms with Crippen LogP contribution in [-0.4, -0.2) is 33.7 Å². The van der Waals surface area contributed by atoms with Crippen LogP contribution in [0.5, 0.6) is 23.0 Å². The van der Waals surface area contributed by atoms with E-state index < -0.39 is 0 Å². The van der Waals surface area contributed by atoms with E-state index in [1.54, 1.807) is 45.6 Å². The van der Waals surface area contributed by atoms with Gasteiger partial charge < -0.3 is 18.9 Å². The van der Waals surface area contributed by atoms with Crippen LogP contribution >= 0.6 is 15.9 Å². The first-order valence-electron chi connectivity index (χ1n) is 7.55. The Balaban J connectivity index is 2.06. The minimum absolute atomic E-state index is 0.0700. The predicted molar refractivity (Wildman–Crippen MR) is 98.0 cm³/mol. The van der Waals surface area contributed by atoms with Crippen molar-refractivity contribution in [1.29, 1.82) is 0 Å². The van der Waals surface area contributed by atoms with Crippen molar-refractivity contribution < 1.29 is 23.7 Å². The Labute approximate surface area is 154 Å². The van der Waals surface area contributed by atoms with Crippen molar-refractivity contribution in [3.8, 4) is 23.0 Å². The van der Waals surface area contributed by atoms with Crippen LogP contribution in [0.4, 0.5) is 0 Å². The molecule has 0 atom stereocenters. The molecule has 2 aromatic carbocycles. The molecule has 6 heteroatoms. The molecule has 0 N–H and O–H groups in total. The number of methoxy groups -OCH3 is 3. The van der Waals surface area contributed by atoms with E-state index in [0.29, 0.717) is 39.7 Å². The summed E-state index contributed by atoms with van der Waals surface area (Å²) in [6.07, 6.45) is 1.76. The summed E-state index contributed by atoms with van der Waals surface area (Å²) in [4.78, 5) is 12.8. The van der Waals surface area contributed by atoms with E-state index >= 15 is 0 Å². The number of benzene rings is 2. The topological polar surface area (TPSA) is 54.0 Å². The van der Waals surface area contributed by atoms with Gasteiger partial charge in [0.05, 0.1) is 26.9 Å². The summed E-state index contributed by atoms with van der Waals surface area (Å²) in [6, 6.07) is 8.98. The summed E-state index contributed by atoms with van der Waals surface area (Å²) >= 11 is 3.38. The Bertz CT molecular complexity index is 857. The number of rotatable bonds is 4. The van der Waals surface area contributed by atoms with Crippen molar-refractivity contribution in [3.05, 3.63) is 51.5 Å². The molecule has 0 saturated heterocycles. The van der Waals surface area contributed by atoms with Gasteiger partial charge in [-0.05, 0) is 36.4 Å². The van der Waals surface area contributed by atoms with Crippen LogP contribution < -0.4 is 18.9 Å². The number of fused-ring (bicyclic) bond motifs is 1. The molecule has 0 spiro atoms. The molecule has 1 heterocycles. The third kappa shape index (κ3) is 3.22. The molecule has 0 unspecified atom stereocenters. The van der Waals surface area contributed by atoms with Gasteiger partial charge in [0.2, 0.25) is 5.75 Å². The van der Waals surface area contributed by atoms with Gasteiger partial charge in [-0.2, -0.15) is 0 Å². The van der Waals surface area contributed by atoms with Gasteiger partial charge in [0, 0.05) is 15.6 Å². The Hall–Kier alpha value is -2.47. The molecule has 0 aromatic heterocycles. The highest BCUT2D eigenvalue weighted by molar-refractivity contribution is 9.10. The number of hydrogen-bond acceptors (Lipinski definition) is 5. The Morgan fingerprint density at radius 1 is 1.04 bits per heavy atom. The lowest BCUT2D eigenvalue weighted by Gasteiger charge is -2.20.